The van der Waals surface area contributed by atoms with Crippen LogP contribution in [0.15, 0.2) is 29.2 Å². The molecule has 3 heterocycles. The van der Waals surface area contributed by atoms with Gasteiger partial charge in [-0.25, -0.2) is 4.98 Å². The molecule has 1 fully saturated rings. The van der Waals surface area contributed by atoms with Gasteiger partial charge in [-0.3, -0.25) is 9.59 Å². The molecular weight excluding hydrogens is 398 g/mol. The fourth-order valence-corrected chi connectivity index (χ4v) is 4.43. The molecule has 1 aromatic carbocycles. The third-order valence-electron chi connectivity index (χ3n) is 4.96. The van der Waals surface area contributed by atoms with Crippen LogP contribution in [0.5, 0.6) is 0 Å². The minimum Gasteiger partial charge on any atom is -0.346 e. The van der Waals surface area contributed by atoms with E-state index in [1.54, 1.807) is 25.1 Å². The van der Waals surface area contributed by atoms with Crippen molar-refractivity contribution in [1.29, 1.82) is 0 Å². The van der Waals surface area contributed by atoms with E-state index < -0.39 is 11.5 Å². The van der Waals surface area contributed by atoms with Crippen molar-refractivity contribution in [2.75, 3.05) is 23.3 Å². The first-order valence-corrected chi connectivity index (χ1v) is 10.3. The van der Waals surface area contributed by atoms with Gasteiger partial charge in [0.2, 0.25) is 10.1 Å². The zero-order valence-electron chi connectivity index (χ0n) is 15.6. The summed E-state index contributed by atoms with van der Waals surface area (Å²) in [4.78, 5) is 32.4. The Morgan fingerprint density at radius 1 is 1.39 bits per heavy atom. The molecule has 0 spiro atoms. The van der Waals surface area contributed by atoms with Crippen LogP contribution in [0.3, 0.4) is 0 Å². The molecule has 0 unspecified atom stereocenters. The molecule has 28 heavy (non-hydrogen) atoms. The number of fused-ring (bicyclic) bond motifs is 1. The molecule has 4 rings (SSSR count). The fraction of sp³-hybridized carbons (Fsp3) is 0.368. The number of halogens is 1. The highest BCUT2D eigenvalue weighted by Gasteiger charge is 2.22. The van der Waals surface area contributed by atoms with Crippen LogP contribution < -0.4 is 15.8 Å². The van der Waals surface area contributed by atoms with Gasteiger partial charge in [0.1, 0.15) is 5.56 Å². The topological polar surface area (TPSA) is 79.6 Å². The first kappa shape index (κ1) is 18.9. The highest BCUT2D eigenvalue weighted by Crippen LogP contribution is 2.27. The lowest BCUT2D eigenvalue weighted by Gasteiger charge is -2.30. The molecule has 1 saturated heterocycles. The van der Waals surface area contributed by atoms with Crippen LogP contribution in [0, 0.1) is 12.8 Å². The van der Waals surface area contributed by atoms with Crippen LogP contribution in [0.25, 0.3) is 4.96 Å². The Bertz CT molecular complexity index is 1110. The van der Waals surface area contributed by atoms with Gasteiger partial charge in [0.15, 0.2) is 0 Å². The van der Waals surface area contributed by atoms with Crippen molar-refractivity contribution >= 4 is 44.6 Å². The molecule has 1 aliphatic rings. The van der Waals surface area contributed by atoms with Gasteiger partial charge in [-0.05, 0) is 43.4 Å². The highest BCUT2D eigenvalue weighted by atomic mass is 35.5. The molecule has 7 nitrogen and oxygen atoms in total. The largest absolute Gasteiger partial charge is 0.346 e. The summed E-state index contributed by atoms with van der Waals surface area (Å²) in [6.07, 6.45) is 3.62. The number of rotatable bonds is 3. The Balaban J connectivity index is 1.65. The molecule has 146 valence electrons. The molecule has 0 radical (unpaired) electrons. The van der Waals surface area contributed by atoms with Gasteiger partial charge in [-0.2, -0.15) is 4.52 Å². The molecule has 1 amide bonds. The molecule has 3 aromatic rings. The smallest absolute Gasteiger partial charge is 0.288 e. The Morgan fingerprint density at radius 2 is 2.21 bits per heavy atom. The van der Waals surface area contributed by atoms with E-state index in [0.29, 0.717) is 21.6 Å². The minimum absolute atomic E-state index is 0.0549. The minimum atomic E-state index is -0.529. The van der Waals surface area contributed by atoms with Crippen molar-refractivity contribution in [2.24, 2.45) is 5.92 Å². The van der Waals surface area contributed by atoms with E-state index in [2.05, 4.69) is 27.2 Å². The number of benzene rings is 1. The second kappa shape index (κ2) is 7.52. The van der Waals surface area contributed by atoms with E-state index in [1.807, 2.05) is 0 Å². The molecule has 2 aromatic heterocycles. The van der Waals surface area contributed by atoms with E-state index in [1.165, 1.54) is 28.5 Å². The summed E-state index contributed by atoms with van der Waals surface area (Å²) in [5.41, 5.74) is 0.764. The summed E-state index contributed by atoms with van der Waals surface area (Å²) in [7, 11) is 0. The average Bonchev–Trinajstić information content (AvgIpc) is 3.11. The van der Waals surface area contributed by atoms with Gasteiger partial charge in [-0.15, -0.1) is 5.10 Å². The molecule has 1 atom stereocenters. The number of nitrogens with one attached hydrogen (secondary N) is 1. The van der Waals surface area contributed by atoms with Crippen LogP contribution in [0.2, 0.25) is 5.02 Å². The summed E-state index contributed by atoms with van der Waals surface area (Å²) in [5.74, 6) is 0.0612. The lowest BCUT2D eigenvalue weighted by molar-refractivity contribution is 0.102. The van der Waals surface area contributed by atoms with Crippen LogP contribution in [-0.4, -0.2) is 33.6 Å². The predicted octanol–water partition coefficient (Wildman–Crippen LogP) is 3.60. The summed E-state index contributed by atoms with van der Waals surface area (Å²) in [6, 6.07) is 5.22. The fourth-order valence-electron chi connectivity index (χ4n) is 3.36. The van der Waals surface area contributed by atoms with E-state index in [9.17, 15) is 9.59 Å². The predicted molar refractivity (Wildman–Crippen MR) is 112 cm³/mol. The number of nitrogens with zero attached hydrogens (tertiary/aromatic N) is 4. The third kappa shape index (κ3) is 3.49. The molecular formula is C19H20ClN5O2S. The van der Waals surface area contributed by atoms with E-state index in [-0.39, 0.29) is 5.56 Å². The van der Waals surface area contributed by atoms with Crippen molar-refractivity contribution in [3.8, 4) is 0 Å². The maximum atomic E-state index is 12.8. The second-order valence-corrected chi connectivity index (χ2v) is 8.46. The van der Waals surface area contributed by atoms with E-state index in [0.717, 1.165) is 30.2 Å². The summed E-state index contributed by atoms with van der Waals surface area (Å²) < 4.78 is 1.22. The van der Waals surface area contributed by atoms with Crippen molar-refractivity contribution in [2.45, 2.75) is 26.7 Å². The molecule has 0 bridgehead atoms. The average molecular weight is 418 g/mol. The third-order valence-corrected chi connectivity index (χ3v) is 6.36. The summed E-state index contributed by atoms with van der Waals surface area (Å²) in [5, 5.41) is 8.48. The van der Waals surface area contributed by atoms with Gasteiger partial charge in [0.05, 0.1) is 0 Å². The van der Waals surface area contributed by atoms with Crippen LogP contribution in [0.1, 0.15) is 35.7 Å². The van der Waals surface area contributed by atoms with Crippen molar-refractivity contribution in [1.82, 2.24) is 14.6 Å². The van der Waals surface area contributed by atoms with Crippen LogP contribution in [-0.2, 0) is 0 Å². The number of hydrogen-bond donors (Lipinski definition) is 1. The Hall–Kier alpha value is -2.45. The lowest BCUT2D eigenvalue weighted by atomic mass is 10.0. The van der Waals surface area contributed by atoms with Gasteiger partial charge in [-0.1, -0.05) is 35.9 Å². The maximum absolute atomic E-state index is 12.8. The first-order valence-electron chi connectivity index (χ1n) is 9.14. The first-order chi connectivity index (χ1) is 13.4. The standard InChI is InChI=1S/C19H20ClN5O2S/c1-11-5-4-8-24(10-11)19-23-25-17(27)13(9-21-18(25)28-19)16(26)22-15-7-3-6-14(20)12(15)2/h3,6-7,9,11H,4-5,8,10H2,1-2H3,(H,22,26)/t11-/m0/s1. The number of carbonyl (C=O) groups is 1. The van der Waals surface area contributed by atoms with E-state index >= 15 is 0 Å². The number of amides is 1. The Labute approximate surface area is 171 Å². The Kier molecular flexibility index (Phi) is 5.07. The number of aromatic nitrogens is 3. The monoisotopic (exact) mass is 417 g/mol. The van der Waals surface area contributed by atoms with Crippen molar-refractivity contribution in [3.05, 3.63) is 50.9 Å². The van der Waals surface area contributed by atoms with Crippen molar-refractivity contribution in [3.63, 3.8) is 0 Å². The molecule has 9 heteroatoms. The SMILES string of the molecule is Cc1c(Cl)cccc1NC(=O)c1cnc2sc(N3CCC[C@H](C)C3)nn2c1=O. The zero-order valence-corrected chi connectivity index (χ0v) is 17.2. The van der Waals surface area contributed by atoms with Crippen LogP contribution >= 0.6 is 22.9 Å². The summed E-state index contributed by atoms with van der Waals surface area (Å²) >= 11 is 7.46. The number of hydrogen-bond acceptors (Lipinski definition) is 6. The number of carbonyl (C=O) groups excluding carboxylic acids is 1. The summed E-state index contributed by atoms with van der Waals surface area (Å²) in [6.45, 7) is 5.85. The molecule has 1 aliphatic heterocycles. The van der Waals surface area contributed by atoms with Gasteiger partial charge < -0.3 is 10.2 Å². The maximum Gasteiger partial charge on any atom is 0.288 e. The van der Waals surface area contributed by atoms with Crippen LogP contribution in [0.4, 0.5) is 10.8 Å². The lowest BCUT2D eigenvalue weighted by Crippen LogP contribution is -2.34. The zero-order chi connectivity index (χ0) is 19.8. The number of anilines is 2. The normalized spacial score (nSPS) is 17.1. The van der Waals surface area contributed by atoms with E-state index in [4.69, 9.17) is 11.6 Å². The second-order valence-electron chi connectivity index (χ2n) is 7.12. The molecule has 0 saturated carbocycles. The molecule has 1 N–H and O–H groups in total. The van der Waals surface area contributed by atoms with Gasteiger partial charge >= 0.3 is 0 Å². The van der Waals surface area contributed by atoms with Gasteiger partial charge in [0.25, 0.3) is 11.5 Å². The molecule has 0 aliphatic carbocycles. The Morgan fingerprint density at radius 3 is 3.00 bits per heavy atom. The quantitative estimate of drug-likeness (QED) is 0.704. The van der Waals surface area contributed by atoms with Crippen molar-refractivity contribution < 1.29 is 4.79 Å². The van der Waals surface area contributed by atoms with Gasteiger partial charge in [0, 0.05) is 30.0 Å². The number of piperidine rings is 1. The highest BCUT2D eigenvalue weighted by molar-refractivity contribution is 7.20.